The van der Waals surface area contributed by atoms with E-state index in [0.29, 0.717) is 35.0 Å². The summed E-state index contributed by atoms with van der Waals surface area (Å²) in [5, 5.41) is 14.8. The Balaban J connectivity index is 1.39. The number of hydrogen-bond acceptors (Lipinski definition) is 5. The first kappa shape index (κ1) is 22.2. The molecule has 0 aliphatic heterocycles. The zero-order valence-corrected chi connectivity index (χ0v) is 19.0. The van der Waals surface area contributed by atoms with E-state index in [9.17, 15) is 14.3 Å². The van der Waals surface area contributed by atoms with Gasteiger partial charge >= 0.3 is 0 Å². The van der Waals surface area contributed by atoms with Gasteiger partial charge in [0.2, 0.25) is 5.78 Å². The fraction of sp³-hybridized carbons (Fsp3) is 0.111. The van der Waals surface area contributed by atoms with Gasteiger partial charge in [-0.3, -0.25) is 4.79 Å². The maximum absolute atomic E-state index is 13.9. The number of nitrogens with zero attached hydrogens (tertiary/aromatic N) is 2. The Hall–Kier alpha value is -4.59. The Morgan fingerprint density at radius 1 is 1.09 bits per heavy atom. The molecule has 6 N–H and O–H groups in total. The van der Waals surface area contributed by atoms with Crippen LogP contribution in [0.15, 0.2) is 66.9 Å². The van der Waals surface area contributed by atoms with Crippen LogP contribution in [-0.2, 0) is 12.8 Å². The number of halogens is 1. The van der Waals surface area contributed by atoms with Crippen molar-refractivity contribution >= 4 is 28.2 Å². The molecule has 0 bridgehead atoms. The first-order valence-corrected chi connectivity index (χ1v) is 11.1. The third kappa shape index (κ3) is 4.10. The highest BCUT2D eigenvalue weighted by molar-refractivity contribution is 6.12. The SMILES string of the molecule is Cc1cc(CCc2ccccc2F)ccc1-n1ncc(C(=O)c2cc3cc(O)c(N)cc3[nH]2)c1N. The minimum atomic E-state index is -0.317. The van der Waals surface area contributed by atoms with Gasteiger partial charge in [0.25, 0.3) is 0 Å². The minimum Gasteiger partial charge on any atom is -0.506 e. The Morgan fingerprint density at radius 2 is 1.89 bits per heavy atom. The molecule has 0 spiro atoms. The number of phenolic OH excluding ortho intramolecular Hbond substituents is 1. The number of H-pyrrole nitrogens is 1. The summed E-state index contributed by atoms with van der Waals surface area (Å²) in [5.74, 6) is -0.339. The number of ketones is 1. The number of nitrogens with two attached hydrogens (primary N) is 2. The number of anilines is 2. The highest BCUT2D eigenvalue weighted by Crippen LogP contribution is 2.29. The van der Waals surface area contributed by atoms with Gasteiger partial charge in [-0.1, -0.05) is 30.3 Å². The van der Waals surface area contributed by atoms with Gasteiger partial charge in [-0.25, -0.2) is 9.07 Å². The van der Waals surface area contributed by atoms with E-state index in [2.05, 4.69) is 10.1 Å². The van der Waals surface area contributed by atoms with Crippen LogP contribution in [0.1, 0.15) is 32.7 Å². The number of aromatic nitrogens is 3. The molecule has 0 saturated carbocycles. The molecule has 0 aliphatic rings. The molecule has 0 atom stereocenters. The van der Waals surface area contributed by atoms with Crippen LogP contribution in [0.2, 0.25) is 0 Å². The molecule has 0 saturated heterocycles. The summed E-state index contributed by atoms with van der Waals surface area (Å²) in [5.41, 5.74) is 17.0. The number of aromatic amines is 1. The van der Waals surface area contributed by atoms with Gasteiger partial charge in [-0.2, -0.15) is 5.10 Å². The first-order chi connectivity index (χ1) is 16.8. The second kappa shape index (κ2) is 8.64. The van der Waals surface area contributed by atoms with Crippen LogP contribution in [0, 0.1) is 12.7 Å². The second-order valence-corrected chi connectivity index (χ2v) is 8.58. The average molecular weight is 470 g/mol. The smallest absolute Gasteiger partial charge is 0.214 e. The zero-order valence-electron chi connectivity index (χ0n) is 19.0. The third-order valence-corrected chi connectivity index (χ3v) is 6.19. The number of nitrogen functional groups attached to an aromatic ring is 2. The topological polar surface area (TPSA) is 123 Å². The predicted octanol–water partition coefficient (Wildman–Crippen LogP) is 4.69. The third-order valence-electron chi connectivity index (χ3n) is 6.19. The van der Waals surface area contributed by atoms with Crippen molar-refractivity contribution in [1.29, 1.82) is 0 Å². The summed E-state index contributed by atoms with van der Waals surface area (Å²) in [4.78, 5) is 16.2. The van der Waals surface area contributed by atoms with Crippen molar-refractivity contribution in [3.63, 3.8) is 0 Å². The van der Waals surface area contributed by atoms with E-state index in [4.69, 9.17) is 11.5 Å². The molecule has 2 aromatic heterocycles. The molecule has 176 valence electrons. The number of rotatable bonds is 6. The van der Waals surface area contributed by atoms with Gasteiger partial charge in [-0.15, -0.1) is 0 Å². The molecule has 35 heavy (non-hydrogen) atoms. The summed E-state index contributed by atoms with van der Waals surface area (Å²) in [7, 11) is 0. The van der Waals surface area contributed by atoms with Gasteiger partial charge in [0.1, 0.15) is 17.4 Å². The van der Waals surface area contributed by atoms with Crippen LogP contribution in [-0.4, -0.2) is 25.7 Å². The molecule has 2 heterocycles. The van der Waals surface area contributed by atoms with Crippen molar-refractivity contribution in [2.45, 2.75) is 19.8 Å². The number of benzene rings is 3. The molecular weight excluding hydrogens is 445 g/mol. The highest BCUT2D eigenvalue weighted by atomic mass is 19.1. The van der Waals surface area contributed by atoms with E-state index in [0.717, 1.165) is 16.8 Å². The van der Waals surface area contributed by atoms with E-state index in [1.807, 2.05) is 31.2 Å². The van der Waals surface area contributed by atoms with Gasteiger partial charge < -0.3 is 21.6 Å². The first-order valence-electron chi connectivity index (χ1n) is 11.1. The molecule has 8 heteroatoms. The van der Waals surface area contributed by atoms with Gasteiger partial charge in [-0.05, 0) is 66.8 Å². The fourth-order valence-corrected chi connectivity index (χ4v) is 4.27. The van der Waals surface area contributed by atoms with Crippen LogP contribution >= 0.6 is 0 Å². The zero-order chi connectivity index (χ0) is 24.7. The summed E-state index contributed by atoms with van der Waals surface area (Å²) in [6, 6.07) is 17.4. The average Bonchev–Trinajstić information content (AvgIpc) is 3.42. The van der Waals surface area contributed by atoms with Crippen LogP contribution in [0.5, 0.6) is 5.75 Å². The Labute approximate surface area is 200 Å². The van der Waals surface area contributed by atoms with Crippen molar-refractivity contribution in [3.8, 4) is 11.4 Å². The lowest BCUT2D eigenvalue weighted by atomic mass is 10.0. The molecule has 0 aliphatic carbocycles. The monoisotopic (exact) mass is 469 g/mol. The fourth-order valence-electron chi connectivity index (χ4n) is 4.27. The number of carbonyl (C=O) groups excluding carboxylic acids is 1. The van der Waals surface area contributed by atoms with E-state index in [1.54, 1.807) is 24.3 Å². The van der Waals surface area contributed by atoms with Gasteiger partial charge in [0.15, 0.2) is 0 Å². The number of nitrogens with one attached hydrogen (secondary N) is 1. The summed E-state index contributed by atoms with van der Waals surface area (Å²) >= 11 is 0. The molecule has 5 rings (SSSR count). The van der Waals surface area contributed by atoms with Crippen molar-refractivity contribution in [3.05, 3.63) is 101 Å². The van der Waals surface area contributed by atoms with Gasteiger partial charge in [0, 0.05) is 10.9 Å². The van der Waals surface area contributed by atoms with E-state index in [1.165, 1.54) is 23.0 Å². The summed E-state index contributed by atoms with van der Waals surface area (Å²) in [6.45, 7) is 1.94. The largest absolute Gasteiger partial charge is 0.506 e. The van der Waals surface area contributed by atoms with E-state index < -0.39 is 0 Å². The number of phenols is 1. The van der Waals surface area contributed by atoms with Crippen molar-refractivity contribution < 1.29 is 14.3 Å². The molecule has 7 nitrogen and oxygen atoms in total. The molecule has 0 radical (unpaired) electrons. The maximum atomic E-state index is 13.9. The van der Waals surface area contributed by atoms with Gasteiger partial charge in [0.05, 0.1) is 28.8 Å². The van der Waals surface area contributed by atoms with E-state index in [-0.39, 0.29) is 34.4 Å². The normalized spacial score (nSPS) is 11.3. The molecule has 5 aromatic rings. The Morgan fingerprint density at radius 3 is 2.66 bits per heavy atom. The molecular formula is C27H24FN5O2. The Kier molecular flexibility index (Phi) is 5.49. The molecule has 0 amide bonds. The van der Waals surface area contributed by atoms with Crippen LogP contribution in [0.25, 0.3) is 16.6 Å². The molecule has 0 fully saturated rings. The summed E-state index contributed by atoms with van der Waals surface area (Å²) < 4.78 is 15.5. The lowest BCUT2D eigenvalue weighted by molar-refractivity contribution is 0.103. The quantitative estimate of drug-likeness (QED) is 0.163. The molecule has 0 unspecified atom stereocenters. The van der Waals surface area contributed by atoms with Crippen molar-refractivity contribution in [1.82, 2.24) is 14.8 Å². The van der Waals surface area contributed by atoms with Crippen LogP contribution < -0.4 is 11.5 Å². The number of carbonyl (C=O) groups is 1. The van der Waals surface area contributed by atoms with Crippen LogP contribution in [0.3, 0.4) is 0 Å². The molecule has 3 aromatic carbocycles. The standard InChI is InChI=1S/C27H24FN5O2/c1-15-10-16(6-8-17-4-2-3-5-20(17)28)7-9-24(15)33-27(30)19(14-31-33)26(35)23-11-18-12-25(34)21(29)13-22(18)32-23/h2-5,7,9-14,32,34H,6,8,29-30H2,1H3. The highest BCUT2D eigenvalue weighted by Gasteiger charge is 2.20. The van der Waals surface area contributed by atoms with E-state index >= 15 is 0 Å². The number of hydrogen-bond donors (Lipinski definition) is 4. The van der Waals surface area contributed by atoms with Crippen LogP contribution in [0.4, 0.5) is 15.9 Å². The van der Waals surface area contributed by atoms with Crippen molar-refractivity contribution in [2.24, 2.45) is 0 Å². The number of fused-ring (bicyclic) bond motifs is 1. The number of aromatic hydroxyl groups is 1. The van der Waals surface area contributed by atoms with Crippen molar-refractivity contribution in [2.75, 3.05) is 11.5 Å². The maximum Gasteiger partial charge on any atom is 0.214 e. The lowest BCUT2D eigenvalue weighted by Gasteiger charge is -2.11. The summed E-state index contributed by atoms with van der Waals surface area (Å²) in [6.07, 6.45) is 2.74. The lowest BCUT2D eigenvalue weighted by Crippen LogP contribution is -2.08. The number of aryl methyl sites for hydroxylation is 3. The minimum absolute atomic E-state index is 0.0457. The second-order valence-electron chi connectivity index (χ2n) is 8.58. The Bertz CT molecular complexity index is 1550. The predicted molar refractivity (Wildman–Crippen MR) is 134 cm³/mol.